The number of para-hydroxylation sites is 1. The van der Waals surface area contributed by atoms with E-state index in [1.807, 2.05) is 79.3 Å². The number of thiocarbonyl (C=S) groups is 1. The number of aromatic nitrogens is 2. The molecule has 0 spiro atoms. The fraction of sp³-hybridized carbons (Fsp3) is 0.240. The molecule has 33 heavy (non-hydrogen) atoms. The van der Waals surface area contributed by atoms with E-state index in [1.165, 1.54) is 11.8 Å². The maximum atomic E-state index is 13.1. The van der Waals surface area contributed by atoms with Crippen LogP contribution < -0.4 is 9.47 Å². The van der Waals surface area contributed by atoms with E-state index in [0.717, 1.165) is 28.9 Å². The second-order valence-corrected chi connectivity index (χ2v) is 9.27. The minimum absolute atomic E-state index is 0.0563. The SMILES string of the molecule is CC[C@@H](C)N1C(=O)/C(=C/c2cn(-c3ccccc3)nc2-c2ccc(OC)c(OC)c2)SC1=S. The van der Waals surface area contributed by atoms with Gasteiger partial charge < -0.3 is 9.47 Å². The number of nitrogens with zero attached hydrogens (tertiary/aromatic N) is 3. The molecule has 1 aromatic heterocycles. The second kappa shape index (κ2) is 9.80. The molecule has 4 rings (SSSR count). The van der Waals surface area contributed by atoms with Crippen LogP contribution in [-0.2, 0) is 4.79 Å². The van der Waals surface area contributed by atoms with E-state index in [2.05, 4.69) is 0 Å². The number of thioether (sulfide) groups is 1. The minimum Gasteiger partial charge on any atom is -0.493 e. The van der Waals surface area contributed by atoms with Gasteiger partial charge in [0.15, 0.2) is 11.5 Å². The van der Waals surface area contributed by atoms with Crippen LogP contribution >= 0.6 is 24.0 Å². The van der Waals surface area contributed by atoms with Crippen molar-refractivity contribution in [1.29, 1.82) is 0 Å². The van der Waals surface area contributed by atoms with Crippen molar-refractivity contribution >= 4 is 40.3 Å². The van der Waals surface area contributed by atoms with Crippen molar-refractivity contribution < 1.29 is 14.3 Å². The highest BCUT2D eigenvalue weighted by Gasteiger charge is 2.35. The zero-order valence-electron chi connectivity index (χ0n) is 18.9. The number of carbonyl (C=O) groups excluding carboxylic acids is 1. The summed E-state index contributed by atoms with van der Waals surface area (Å²) in [6.07, 6.45) is 4.64. The summed E-state index contributed by atoms with van der Waals surface area (Å²) in [5, 5.41) is 4.85. The Morgan fingerprint density at radius 2 is 1.85 bits per heavy atom. The molecular formula is C25H25N3O3S2. The van der Waals surface area contributed by atoms with Gasteiger partial charge in [-0.25, -0.2) is 4.68 Å². The van der Waals surface area contributed by atoms with Crippen LogP contribution in [-0.4, -0.2) is 45.2 Å². The summed E-state index contributed by atoms with van der Waals surface area (Å²) in [4.78, 5) is 15.4. The Morgan fingerprint density at radius 1 is 1.12 bits per heavy atom. The zero-order valence-corrected chi connectivity index (χ0v) is 20.6. The van der Waals surface area contributed by atoms with Crippen molar-refractivity contribution in [3.05, 3.63) is 65.2 Å². The number of amides is 1. The minimum atomic E-state index is -0.0647. The summed E-state index contributed by atoms with van der Waals surface area (Å²) in [7, 11) is 3.21. The third kappa shape index (κ3) is 4.54. The molecular weight excluding hydrogens is 454 g/mol. The molecule has 170 valence electrons. The Hall–Kier alpha value is -3.10. The first-order chi connectivity index (χ1) is 16.0. The van der Waals surface area contributed by atoms with Gasteiger partial charge in [-0.1, -0.05) is 49.1 Å². The van der Waals surface area contributed by atoms with Gasteiger partial charge in [0.1, 0.15) is 10.0 Å². The summed E-state index contributed by atoms with van der Waals surface area (Å²) < 4.78 is 13.3. The van der Waals surface area contributed by atoms with E-state index >= 15 is 0 Å². The van der Waals surface area contributed by atoms with Crippen molar-refractivity contribution in [3.8, 4) is 28.4 Å². The fourth-order valence-corrected chi connectivity index (χ4v) is 5.05. The molecule has 0 aliphatic carbocycles. The lowest BCUT2D eigenvalue weighted by Gasteiger charge is -2.21. The molecule has 1 amide bonds. The predicted octanol–water partition coefficient (Wildman–Crippen LogP) is 5.56. The molecule has 1 aliphatic rings. The van der Waals surface area contributed by atoms with Crippen molar-refractivity contribution in [2.45, 2.75) is 26.3 Å². The van der Waals surface area contributed by atoms with Crippen LogP contribution in [0.15, 0.2) is 59.6 Å². The van der Waals surface area contributed by atoms with Gasteiger partial charge in [0.25, 0.3) is 5.91 Å². The molecule has 0 radical (unpaired) electrons. The summed E-state index contributed by atoms with van der Waals surface area (Å²) in [6.45, 7) is 4.06. The van der Waals surface area contributed by atoms with Gasteiger partial charge in [0, 0.05) is 23.4 Å². The van der Waals surface area contributed by atoms with Crippen LogP contribution in [0, 0.1) is 0 Å². The Bertz CT molecular complexity index is 1220. The van der Waals surface area contributed by atoms with Gasteiger partial charge in [-0.15, -0.1) is 0 Å². The lowest BCUT2D eigenvalue weighted by atomic mass is 10.1. The highest BCUT2D eigenvalue weighted by molar-refractivity contribution is 8.26. The largest absolute Gasteiger partial charge is 0.493 e. The molecule has 1 atom stereocenters. The summed E-state index contributed by atoms with van der Waals surface area (Å²) in [6, 6.07) is 15.6. The number of rotatable bonds is 7. The van der Waals surface area contributed by atoms with Crippen molar-refractivity contribution in [3.63, 3.8) is 0 Å². The number of benzene rings is 2. The topological polar surface area (TPSA) is 56.6 Å². The van der Waals surface area contributed by atoms with Crippen LogP contribution in [0.4, 0.5) is 0 Å². The zero-order chi connectivity index (χ0) is 23.5. The molecule has 2 heterocycles. The molecule has 1 aliphatic heterocycles. The molecule has 0 unspecified atom stereocenters. The molecule has 2 aromatic carbocycles. The lowest BCUT2D eigenvalue weighted by Crippen LogP contribution is -2.36. The smallest absolute Gasteiger partial charge is 0.266 e. The fourth-order valence-electron chi connectivity index (χ4n) is 3.60. The lowest BCUT2D eigenvalue weighted by molar-refractivity contribution is -0.123. The van der Waals surface area contributed by atoms with Crippen molar-refractivity contribution in [1.82, 2.24) is 14.7 Å². The molecule has 8 heteroatoms. The summed E-state index contributed by atoms with van der Waals surface area (Å²) >= 11 is 6.83. The molecule has 1 saturated heterocycles. The van der Waals surface area contributed by atoms with Crippen LogP contribution in [0.2, 0.25) is 0 Å². The van der Waals surface area contributed by atoms with Crippen molar-refractivity contribution in [2.75, 3.05) is 14.2 Å². The maximum absolute atomic E-state index is 13.1. The number of methoxy groups -OCH3 is 2. The molecule has 0 bridgehead atoms. The number of hydrogen-bond donors (Lipinski definition) is 0. The Labute approximate surface area is 203 Å². The monoisotopic (exact) mass is 479 g/mol. The Balaban J connectivity index is 1.83. The highest BCUT2D eigenvalue weighted by Crippen LogP contribution is 2.38. The quantitative estimate of drug-likeness (QED) is 0.327. The van der Waals surface area contributed by atoms with E-state index < -0.39 is 0 Å². The third-order valence-electron chi connectivity index (χ3n) is 5.56. The third-order valence-corrected chi connectivity index (χ3v) is 6.89. The average molecular weight is 480 g/mol. The van der Waals surface area contributed by atoms with Gasteiger partial charge in [0.2, 0.25) is 0 Å². The highest BCUT2D eigenvalue weighted by atomic mass is 32.2. The molecule has 0 saturated carbocycles. The number of hydrogen-bond acceptors (Lipinski definition) is 6. The van der Waals surface area contributed by atoms with Crippen molar-refractivity contribution in [2.24, 2.45) is 0 Å². The Morgan fingerprint density at radius 3 is 2.52 bits per heavy atom. The first-order valence-electron chi connectivity index (χ1n) is 10.6. The van der Waals surface area contributed by atoms with E-state index in [4.69, 9.17) is 26.8 Å². The van der Waals surface area contributed by atoms with E-state index in [9.17, 15) is 4.79 Å². The van der Waals surface area contributed by atoms with Gasteiger partial charge >= 0.3 is 0 Å². The summed E-state index contributed by atoms with van der Waals surface area (Å²) in [5.41, 5.74) is 3.32. The predicted molar refractivity (Wildman–Crippen MR) is 137 cm³/mol. The maximum Gasteiger partial charge on any atom is 0.266 e. The normalized spacial score (nSPS) is 15.9. The van der Waals surface area contributed by atoms with Crippen LogP contribution in [0.5, 0.6) is 11.5 Å². The van der Waals surface area contributed by atoms with Gasteiger partial charge in [-0.2, -0.15) is 5.10 Å². The van der Waals surface area contributed by atoms with Crippen LogP contribution in [0.3, 0.4) is 0 Å². The first-order valence-corrected chi connectivity index (χ1v) is 11.8. The van der Waals surface area contributed by atoms with E-state index in [0.29, 0.717) is 20.7 Å². The molecule has 1 fully saturated rings. The Kier molecular flexibility index (Phi) is 6.85. The van der Waals surface area contributed by atoms with Crippen LogP contribution in [0.25, 0.3) is 23.0 Å². The second-order valence-electron chi connectivity index (χ2n) is 7.59. The number of ether oxygens (including phenoxy) is 2. The van der Waals surface area contributed by atoms with E-state index in [-0.39, 0.29) is 11.9 Å². The van der Waals surface area contributed by atoms with Gasteiger partial charge in [0.05, 0.1) is 24.8 Å². The van der Waals surface area contributed by atoms with E-state index in [1.54, 1.807) is 19.1 Å². The average Bonchev–Trinajstić information content (AvgIpc) is 3.39. The molecule has 6 nitrogen and oxygen atoms in total. The first kappa shape index (κ1) is 23.1. The van der Waals surface area contributed by atoms with Gasteiger partial charge in [-0.3, -0.25) is 9.69 Å². The molecule has 0 N–H and O–H groups in total. The van der Waals surface area contributed by atoms with Crippen LogP contribution in [0.1, 0.15) is 25.8 Å². The standard InChI is InChI=1S/C25H25N3O3S2/c1-5-16(2)28-24(29)22(33-25(28)32)14-18-15-27(19-9-7-6-8-10-19)26-23(18)17-11-12-20(30-3)21(13-17)31-4/h6-16H,5H2,1-4H3/b22-14-/t16-/m1/s1. The molecule has 3 aromatic rings. The summed E-state index contributed by atoms with van der Waals surface area (Å²) in [5.74, 6) is 1.18. The number of carbonyl (C=O) groups is 1. The van der Waals surface area contributed by atoms with Gasteiger partial charge in [-0.05, 0) is 49.8 Å².